The summed E-state index contributed by atoms with van der Waals surface area (Å²) in [4.78, 5) is 39.0. The number of nitrogens with one attached hydrogen (secondary N) is 1. The number of carbonyl (C=O) groups is 3. The largest absolute Gasteiger partial charge is 0.497 e. The van der Waals surface area contributed by atoms with Crippen molar-refractivity contribution >= 4 is 57.7 Å². The van der Waals surface area contributed by atoms with Crippen molar-refractivity contribution in [2.45, 2.75) is 6.92 Å². The molecule has 7 nitrogen and oxygen atoms in total. The van der Waals surface area contributed by atoms with E-state index in [-0.39, 0.29) is 16.6 Å². The number of methoxy groups -OCH3 is 1. The highest BCUT2D eigenvalue weighted by molar-refractivity contribution is 7.80. The minimum Gasteiger partial charge on any atom is -0.497 e. The van der Waals surface area contributed by atoms with Gasteiger partial charge in [0, 0.05) is 24.1 Å². The molecule has 0 bridgehead atoms. The van der Waals surface area contributed by atoms with E-state index in [9.17, 15) is 14.4 Å². The van der Waals surface area contributed by atoms with Gasteiger partial charge in [-0.1, -0.05) is 18.2 Å². The van der Waals surface area contributed by atoms with Gasteiger partial charge < -0.3 is 4.74 Å². The average molecular weight is 419 g/mol. The number of amides is 2. The number of para-hydroxylation sites is 1. The SMILES string of the molecule is COc1ccc(N2C(=O)/C(=C\c3cn(C(C)=O)c4ccccc34)C(=O)NC2=S)cc1. The molecule has 0 radical (unpaired) electrons. The third-order valence-electron chi connectivity index (χ3n) is 4.81. The number of fused-ring (bicyclic) bond motifs is 1. The summed E-state index contributed by atoms with van der Waals surface area (Å²) in [7, 11) is 1.55. The zero-order valence-corrected chi connectivity index (χ0v) is 17.0. The highest BCUT2D eigenvalue weighted by Crippen LogP contribution is 2.27. The highest BCUT2D eigenvalue weighted by atomic mass is 32.1. The molecule has 2 aromatic carbocycles. The van der Waals surface area contributed by atoms with Crippen LogP contribution < -0.4 is 15.0 Å². The van der Waals surface area contributed by atoms with Gasteiger partial charge in [-0.2, -0.15) is 0 Å². The van der Waals surface area contributed by atoms with E-state index in [1.807, 2.05) is 18.2 Å². The Kier molecular flexibility index (Phi) is 4.93. The Morgan fingerprint density at radius 1 is 1.10 bits per heavy atom. The van der Waals surface area contributed by atoms with E-state index in [0.29, 0.717) is 22.5 Å². The first kappa shape index (κ1) is 19.5. The Labute approximate surface area is 177 Å². The number of thiocarbonyl (C=S) groups is 1. The Balaban J connectivity index is 1.80. The first-order valence-electron chi connectivity index (χ1n) is 9.07. The van der Waals surface area contributed by atoms with E-state index >= 15 is 0 Å². The van der Waals surface area contributed by atoms with Gasteiger partial charge in [0.25, 0.3) is 11.8 Å². The van der Waals surface area contributed by atoms with Crippen molar-refractivity contribution in [3.63, 3.8) is 0 Å². The fraction of sp³-hybridized carbons (Fsp3) is 0.0909. The predicted octanol–water partition coefficient (Wildman–Crippen LogP) is 3.14. The molecule has 0 atom stereocenters. The molecule has 0 spiro atoms. The molecule has 1 aromatic heterocycles. The van der Waals surface area contributed by atoms with Crippen LogP contribution in [0.1, 0.15) is 17.3 Å². The lowest BCUT2D eigenvalue weighted by Crippen LogP contribution is -2.54. The third kappa shape index (κ3) is 3.27. The van der Waals surface area contributed by atoms with Gasteiger partial charge in [0.15, 0.2) is 5.11 Å². The molecule has 3 aromatic rings. The summed E-state index contributed by atoms with van der Waals surface area (Å²) < 4.78 is 6.63. The number of ether oxygens (including phenoxy) is 1. The van der Waals surface area contributed by atoms with Crippen LogP contribution in [-0.4, -0.2) is 34.5 Å². The molecule has 1 aliphatic rings. The lowest BCUT2D eigenvalue weighted by molar-refractivity contribution is -0.122. The van der Waals surface area contributed by atoms with Crippen molar-refractivity contribution in [2.75, 3.05) is 12.0 Å². The quantitative estimate of drug-likeness (QED) is 0.401. The molecule has 30 heavy (non-hydrogen) atoms. The molecule has 2 heterocycles. The normalized spacial score (nSPS) is 15.6. The number of hydrogen-bond acceptors (Lipinski definition) is 5. The monoisotopic (exact) mass is 419 g/mol. The number of carbonyl (C=O) groups excluding carboxylic acids is 3. The van der Waals surface area contributed by atoms with E-state index in [0.717, 1.165) is 5.39 Å². The second kappa shape index (κ2) is 7.57. The molecular formula is C22H17N3O4S. The zero-order valence-electron chi connectivity index (χ0n) is 16.2. The predicted molar refractivity (Wildman–Crippen MR) is 117 cm³/mol. The molecule has 1 saturated heterocycles. The molecule has 1 N–H and O–H groups in total. The molecule has 0 unspecified atom stereocenters. The van der Waals surface area contributed by atoms with Crippen molar-refractivity contribution in [3.05, 3.63) is 65.9 Å². The Morgan fingerprint density at radius 3 is 2.47 bits per heavy atom. The summed E-state index contributed by atoms with van der Waals surface area (Å²) in [5.41, 5.74) is 1.71. The maximum Gasteiger partial charge on any atom is 0.270 e. The van der Waals surface area contributed by atoms with E-state index < -0.39 is 11.8 Å². The average Bonchev–Trinajstić information content (AvgIpc) is 3.10. The number of rotatable bonds is 3. The van der Waals surface area contributed by atoms with Crippen molar-refractivity contribution in [2.24, 2.45) is 0 Å². The number of nitrogens with zero attached hydrogens (tertiary/aromatic N) is 2. The summed E-state index contributed by atoms with van der Waals surface area (Å²) in [5, 5.41) is 3.31. The summed E-state index contributed by atoms with van der Waals surface area (Å²) in [5.74, 6) is -0.676. The zero-order chi connectivity index (χ0) is 21.4. The number of anilines is 1. The fourth-order valence-corrected chi connectivity index (χ4v) is 3.64. The van der Waals surface area contributed by atoms with Gasteiger partial charge in [0.1, 0.15) is 11.3 Å². The first-order valence-corrected chi connectivity index (χ1v) is 9.48. The van der Waals surface area contributed by atoms with Gasteiger partial charge in [-0.3, -0.25) is 29.2 Å². The number of hydrogen-bond donors (Lipinski definition) is 1. The highest BCUT2D eigenvalue weighted by Gasteiger charge is 2.34. The maximum atomic E-state index is 13.2. The minimum atomic E-state index is -0.589. The van der Waals surface area contributed by atoms with E-state index in [1.54, 1.807) is 43.6 Å². The van der Waals surface area contributed by atoms with Crippen LogP contribution in [0.5, 0.6) is 5.75 Å². The van der Waals surface area contributed by atoms with E-state index in [2.05, 4.69) is 5.32 Å². The molecule has 8 heteroatoms. The fourth-order valence-electron chi connectivity index (χ4n) is 3.36. The van der Waals surface area contributed by atoms with Crippen LogP contribution in [0.25, 0.3) is 17.0 Å². The molecular weight excluding hydrogens is 402 g/mol. The summed E-state index contributed by atoms with van der Waals surface area (Å²) >= 11 is 5.22. The first-order chi connectivity index (χ1) is 14.4. The van der Waals surface area contributed by atoms with Crippen molar-refractivity contribution < 1.29 is 19.1 Å². The second-order valence-electron chi connectivity index (χ2n) is 6.65. The summed E-state index contributed by atoms with van der Waals surface area (Å²) in [6.45, 7) is 1.45. The molecule has 1 fully saturated rings. The summed E-state index contributed by atoms with van der Waals surface area (Å²) in [6.07, 6.45) is 3.10. The van der Waals surface area contributed by atoms with Gasteiger partial charge in [-0.25, -0.2) is 0 Å². The van der Waals surface area contributed by atoms with Gasteiger partial charge >= 0.3 is 0 Å². The van der Waals surface area contributed by atoms with Crippen LogP contribution in [0, 0.1) is 0 Å². The maximum absolute atomic E-state index is 13.2. The molecule has 4 rings (SSSR count). The van der Waals surface area contributed by atoms with Crippen LogP contribution in [0.15, 0.2) is 60.3 Å². The molecule has 0 aliphatic carbocycles. The lowest BCUT2D eigenvalue weighted by Gasteiger charge is -2.29. The van der Waals surface area contributed by atoms with Crippen LogP contribution in [0.4, 0.5) is 5.69 Å². The molecule has 150 valence electrons. The second-order valence-corrected chi connectivity index (χ2v) is 7.03. The van der Waals surface area contributed by atoms with Crippen LogP contribution >= 0.6 is 12.2 Å². The van der Waals surface area contributed by atoms with Crippen molar-refractivity contribution in [3.8, 4) is 5.75 Å². The van der Waals surface area contributed by atoms with Gasteiger partial charge in [-0.15, -0.1) is 0 Å². The molecule has 2 amide bonds. The third-order valence-corrected chi connectivity index (χ3v) is 5.10. The molecule has 1 aliphatic heterocycles. The number of benzene rings is 2. The van der Waals surface area contributed by atoms with E-state index in [4.69, 9.17) is 17.0 Å². The van der Waals surface area contributed by atoms with Gasteiger partial charge in [-0.05, 0) is 48.6 Å². The van der Waals surface area contributed by atoms with Crippen molar-refractivity contribution in [1.82, 2.24) is 9.88 Å². The topological polar surface area (TPSA) is 80.6 Å². The number of aromatic nitrogens is 1. The summed E-state index contributed by atoms with van der Waals surface area (Å²) in [6, 6.07) is 14.0. The van der Waals surface area contributed by atoms with E-state index in [1.165, 1.54) is 22.5 Å². The van der Waals surface area contributed by atoms with Gasteiger partial charge in [0.2, 0.25) is 5.91 Å². The van der Waals surface area contributed by atoms with Crippen molar-refractivity contribution in [1.29, 1.82) is 0 Å². The van der Waals surface area contributed by atoms with Crippen LogP contribution in [-0.2, 0) is 9.59 Å². The Bertz CT molecular complexity index is 1240. The van der Waals surface area contributed by atoms with Crippen LogP contribution in [0.2, 0.25) is 0 Å². The van der Waals surface area contributed by atoms with Gasteiger partial charge in [0.05, 0.1) is 18.3 Å². The van der Waals surface area contributed by atoms with Crippen LogP contribution in [0.3, 0.4) is 0 Å². The smallest absolute Gasteiger partial charge is 0.270 e. The Morgan fingerprint density at radius 2 is 1.80 bits per heavy atom. The lowest BCUT2D eigenvalue weighted by atomic mass is 10.1. The minimum absolute atomic E-state index is 0.00141. The standard InChI is InChI=1S/C22H17N3O4S/c1-13(26)24-12-14(17-5-3-4-6-19(17)24)11-18-20(27)23-22(30)25(21(18)28)15-7-9-16(29-2)10-8-15/h3-12H,1-2H3,(H,23,27,30)/b18-11-. The molecule has 0 saturated carbocycles. The Hall–Kier alpha value is -3.78.